The van der Waals surface area contributed by atoms with Crippen molar-refractivity contribution in [2.24, 2.45) is 11.3 Å². The monoisotopic (exact) mass is 267 g/mol. The molecule has 0 radical (unpaired) electrons. The van der Waals surface area contributed by atoms with Crippen LogP contribution in [0.1, 0.15) is 85.5 Å². The molecule has 0 saturated carbocycles. The second-order valence-corrected chi connectivity index (χ2v) is 7.82. The highest BCUT2D eigenvalue weighted by molar-refractivity contribution is 4.76. The maximum Gasteiger partial charge on any atom is -0.00161 e. The van der Waals surface area contributed by atoms with E-state index in [9.17, 15) is 0 Å². The zero-order valence-corrected chi connectivity index (χ0v) is 14.0. The average Bonchev–Trinajstić information content (AvgIpc) is 2.34. The minimum Gasteiger partial charge on any atom is -0.303 e. The molecule has 114 valence electrons. The van der Waals surface area contributed by atoms with E-state index in [1.807, 2.05) is 0 Å². The fourth-order valence-electron chi connectivity index (χ4n) is 3.40. The number of piperidine rings is 1. The molecule has 0 bridgehead atoms. The molecule has 1 nitrogen and oxygen atoms in total. The van der Waals surface area contributed by atoms with E-state index in [1.165, 1.54) is 77.4 Å². The Morgan fingerprint density at radius 2 is 1.47 bits per heavy atom. The van der Waals surface area contributed by atoms with Crippen molar-refractivity contribution in [1.29, 1.82) is 0 Å². The van der Waals surface area contributed by atoms with Crippen LogP contribution in [0.2, 0.25) is 0 Å². The molecule has 0 N–H and O–H groups in total. The van der Waals surface area contributed by atoms with Gasteiger partial charge in [-0.25, -0.2) is 0 Å². The zero-order chi connectivity index (χ0) is 14.1. The van der Waals surface area contributed by atoms with E-state index in [0.717, 1.165) is 5.92 Å². The maximum atomic E-state index is 2.71. The highest BCUT2D eigenvalue weighted by atomic mass is 15.1. The van der Waals surface area contributed by atoms with Gasteiger partial charge < -0.3 is 4.90 Å². The third kappa shape index (κ3) is 8.68. The second kappa shape index (κ2) is 9.00. The normalized spacial score (nSPS) is 18.9. The minimum absolute atomic E-state index is 0.520. The molecule has 0 aromatic carbocycles. The quantitative estimate of drug-likeness (QED) is 0.525. The van der Waals surface area contributed by atoms with Crippen LogP contribution in [-0.4, -0.2) is 24.5 Å². The summed E-state index contributed by atoms with van der Waals surface area (Å²) >= 11 is 0. The fourth-order valence-corrected chi connectivity index (χ4v) is 3.40. The fraction of sp³-hybridized carbons (Fsp3) is 1.00. The predicted octanol–water partition coefficient (Wildman–Crippen LogP) is 5.50. The van der Waals surface area contributed by atoms with Crippen LogP contribution >= 0.6 is 0 Å². The van der Waals surface area contributed by atoms with Crippen LogP contribution in [0.25, 0.3) is 0 Å². The zero-order valence-electron chi connectivity index (χ0n) is 14.0. The van der Waals surface area contributed by atoms with Crippen LogP contribution < -0.4 is 0 Å². The second-order valence-electron chi connectivity index (χ2n) is 7.82. The van der Waals surface area contributed by atoms with Gasteiger partial charge in [0.1, 0.15) is 0 Å². The van der Waals surface area contributed by atoms with E-state index in [0.29, 0.717) is 5.41 Å². The first-order chi connectivity index (χ1) is 9.01. The first-order valence-corrected chi connectivity index (χ1v) is 8.73. The molecular formula is C18H37N. The van der Waals surface area contributed by atoms with Crippen molar-refractivity contribution in [3.05, 3.63) is 0 Å². The van der Waals surface area contributed by atoms with E-state index < -0.39 is 0 Å². The summed E-state index contributed by atoms with van der Waals surface area (Å²) < 4.78 is 0. The summed E-state index contributed by atoms with van der Waals surface area (Å²) in [5, 5.41) is 0. The molecule has 1 saturated heterocycles. The molecule has 0 aromatic rings. The standard InChI is InChI=1S/C18H37N/c1-5-6-7-8-9-10-13-19-14-11-17(12-15-19)16-18(2,3)4/h17H,5-16H2,1-4H3. The molecule has 0 unspecified atom stereocenters. The van der Waals surface area contributed by atoms with Gasteiger partial charge in [0.05, 0.1) is 0 Å². The molecule has 0 aromatic heterocycles. The van der Waals surface area contributed by atoms with E-state index in [4.69, 9.17) is 0 Å². The Balaban J connectivity index is 2.01. The van der Waals surface area contributed by atoms with Crippen LogP contribution in [0.4, 0.5) is 0 Å². The summed E-state index contributed by atoms with van der Waals surface area (Å²) in [6.45, 7) is 13.5. The molecular weight excluding hydrogens is 230 g/mol. The molecule has 1 aliphatic rings. The number of rotatable bonds is 8. The van der Waals surface area contributed by atoms with Gasteiger partial charge in [-0.1, -0.05) is 59.8 Å². The summed E-state index contributed by atoms with van der Waals surface area (Å²) in [5.74, 6) is 0.987. The predicted molar refractivity (Wildman–Crippen MR) is 86.6 cm³/mol. The van der Waals surface area contributed by atoms with Crippen molar-refractivity contribution < 1.29 is 0 Å². The van der Waals surface area contributed by atoms with Crippen molar-refractivity contribution in [3.63, 3.8) is 0 Å². The van der Waals surface area contributed by atoms with Gasteiger partial charge in [-0.05, 0) is 56.7 Å². The number of nitrogens with zero attached hydrogens (tertiary/aromatic N) is 1. The average molecular weight is 268 g/mol. The van der Waals surface area contributed by atoms with Crippen LogP contribution in [0.5, 0.6) is 0 Å². The molecule has 0 spiro atoms. The number of likely N-dealkylation sites (tertiary alicyclic amines) is 1. The number of unbranched alkanes of at least 4 members (excludes halogenated alkanes) is 5. The SMILES string of the molecule is CCCCCCCCN1CCC(CC(C)(C)C)CC1. The van der Waals surface area contributed by atoms with Crippen molar-refractivity contribution >= 4 is 0 Å². The molecule has 19 heavy (non-hydrogen) atoms. The molecule has 0 amide bonds. The molecule has 1 fully saturated rings. The van der Waals surface area contributed by atoms with Crippen molar-refractivity contribution in [3.8, 4) is 0 Å². The lowest BCUT2D eigenvalue weighted by molar-refractivity contribution is 0.150. The summed E-state index contributed by atoms with van der Waals surface area (Å²) in [5.41, 5.74) is 0.520. The number of hydrogen-bond donors (Lipinski definition) is 0. The molecule has 1 aliphatic heterocycles. The lowest BCUT2D eigenvalue weighted by Gasteiger charge is -2.35. The van der Waals surface area contributed by atoms with Crippen LogP contribution in [0.3, 0.4) is 0 Å². The first kappa shape index (κ1) is 17.0. The van der Waals surface area contributed by atoms with Gasteiger partial charge in [-0.2, -0.15) is 0 Å². The van der Waals surface area contributed by atoms with Crippen molar-refractivity contribution in [2.75, 3.05) is 19.6 Å². The van der Waals surface area contributed by atoms with Crippen LogP contribution in [-0.2, 0) is 0 Å². The van der Waals surface area contributed by atoms with E-state index in [1.54, 1.807) is 0 Å². The summed E-state index contributed by atoms with van der Waals surface area (Å²) in [4.78, 5) is 2.71. The Kier molecular flexibility index (Phi) is 8.06. The topological polar surface area (TPSA) is 3.24 Å². The first-order valence-electron chi connectivity index (χ1n) is 8.73. The Hall–Kier alpha value is -0.0400. The van der Waals surface area contributed by atoms with Gasteiger partial charge in [0.2, 0.25) is 0 Å². The molecule has 1 heterocycles. The molecule has 0 aliphatic carbocycles. The van der Waals surface area contributed by atoms with Crippen molar-refractivity contribution in [1.82, 2.24) is 4.90 Å². The van der Waals surface area contributed by atoms with Gasteiger partial charge in [0, 0.05) is 0 Å². The van der Waals surface area contributed by atoms with Gasteiger partial charge in [-0.3, -0.25) is 0 Å². The van der Waals surface area contributed by atoms with Gasteiger partial charge in [0.15, 0.2) is 0 Å². The van der Waals surface area contributed by atoms with Crippen molar-refractivity contribution in [2.45, 2.75) is 85.5 Å². The summed E-state index contributed by atoms with van der Waals surface area (Å²) in [7, 11) is 0. The highest BCUT2D eigenvalue weighted by Gasteiger charge is 2.23. The molecule has 1 heteroatoms. The minimum atomic E-state index is 0.520. The van der Waals surface area contributed by atoms with Crippen LogP contribution in [0, 0.1) is 11.3 Å². The highest BCUT2D eigenvalue weighted by Crippen LogP contribution is 2.30. The Bertz CT molecular complexity index is 208. The van der Waals surface area contributed by atoms with Gasteiger partial charge >= 0.3 is 0 Å². The summed E-state index contributed by atoms with van der Waals surface area (Å²) in [6.07, 6.45) is 12.9. The lowest BCUT2D eigenvalue weighted by atomic mass is 9.80. The van der Waals surface area contributed by atoms with Crippen LogP contribution in [0.15, 0.2) is 0 Å². The number of hydrogen-bond acceptors (Lipinski definition) is 1. The lowest BCUT2D eigenvalue weighted by Crippen LogP contribution is -2.35. The van der Waals surface area contributed by atoms with E-state index >= 15 is 0 Å². The van der Waals surface area contributed by atoms with E-state index in [-0.39, 0.29) is 0 Å². The Labute approximate surface area is 122 Å². The molecule has 1 rings (SSSR count). The summed E-state index contributed by atoms with van der Waals surface area (Å²) in [6, 6.07) is 0. The third-order valence-corrected chi connectivity index (χ3v) is 4.44. The third-order valence-electron chi connectivity index (χ3n) is 4.44. The van der Waals surface area contributed by atoms with Gasteiger partial charge in [0.25, 0.3) is 0 Å². The Morgan fingerprint density at radius 3 is 2.05 bits per heavy atom. The smallest absolute Gasteiger partial charge is 0.00161 e. The largest absolute Gasteiger partial charge is 0.303 e. The Morgan fingerprint density at radius 1 is 0.895 bits per heavy atom. The molecule has 0 atom stereocenters. The maximum absolute atomic E-state index is 2.71. The van der Waals surface area contributed by atoms with E-state index in [2.05, 4.69) is 32.6 Å². The van der Waals surface area contributed by atoms with Gasteiger partial charge in [-0.15, -0.1) is 0 Å².